The number of benzene rings is 3. The van der Waals surface area contributed by atoms with Gasteiger partial charge >= 0.3 is 0 Å². The predicted molar refractivity (Wildman–Crippen MR) is 132 cm³/mol. The van der Waals surface area contributed by atoms with Crippen LogP contribution in [0.5, 0.6) is 0 Å². The Kier molecular flexibility index (Phi) is 4.32. The number of likely N-dealkylation sites (tertiary alicyclic amines) is 1. The van der Waals surface area contributed by atoms with Gasteiger partial charge in [0.15, 0.2) is 0 Å². The molecule has 1 N–H and O–H groups in total. The molecular weight excluding hydrogens is 406 g/mol. The largest absolute Gasteiger partial charge is 0.345 e. The van der Waals surface area contributed by atoms with E-state index in [0.717, 1.165) is 36.0 Å². The van der Waals surface area contributed by atoms with Crippen molar-refractivity contribution in [3.8, 4) is 11.1 Å². The summed E-state index contributed by atoms with van der Waals surface area (Å²) in [6.45, 7) is 7.88. The van der Waals surface area contributed by atoms with Crippen molar-refractivity contribution in [2.75, 3.05) is 6.54 Å². The van der Waals surface area contributed by atoms with Crippen LogP contribution in [-0.2, 0) is 11.8 Å². The molecule has 3 aromatic carbocycles. The van der Waals surface area contributed by atoms with Gasteiger partial charge in [-0.2, -0.15) is 0 Å². The third-order valence-corrected chi connectivity index (χ3v) is 8.63. The normalized spacial score (nSPS) is 23.4. The van der Waals surface area contributed by atoms with Gasteiger partial charge in [0.1, 0.15) is 0 Å². The minimum atomic E-state index is -0.0275. The maximum Gasteiger partial charge on any atom is 0.254 e. The third kappa shape index (κ3) is 2.90. The molecular formula is C29H29N3O. The molecule has 1 saturated heterocycles. The highest BCUT2D eigenvalue weighted by molar-refractivity contribution is 5.97. The summed E-state index contributed by atoms with van der Waals surface area (Å²) in [5.74, 6) is 0.120. The van der Waals surface area contributed by atoms with Gasteiger partial charge in [0.25, 0.3) is 5.91 Å². The number of aromatic nitrogens is 2. The Labute approximate surface area is 194 Å². The van der Waals surface area contributed by atoms with Crippen molar-refractivity contribution in [3.63, 3.8) is 0 Å². The SMILES string of the molecule is CC1(C)[C@H]2Cc3cc(-c4ccccc4)ccc3[C@]1(C)CCN2C(=O)c1ccc2nc[nH]c2c1. The Balaban J connectivity index is 1.41. The lowest BCUT2D eigenvalue weighted by Crippen LogP contribution is -2.64. The molecule has 2 atom stereocenters. The average molecular weight is 436 g/mol. The molecule has 0 spiro atoms. The zero-order valence-electron chi connectivity index (χ0n) is 19.4. The molecule has 0 radical (unpaired) electrons. The van der Waals surface area contributed by atoms with Gasteiger partial charge < -0.3 is 9.88 Å². The molecule has 33 heavy (non-hydrogen) atoms. The minimum Gasteiger partial charge on any atom is -0.345 e. The quantitative estimate of drug-likeness (QED) is 0.421. The number of imidazole rings is 1. The number of hydrogen-bond donors (Lipinski definition) is 1. The minimum absolute atomic E-state index is 0.0275. The number of amides is 1. The second-order valence-electron chi connectivity index (χ2n) is 10.4. The smallest absolute Gasteiger partial charge is 0.254 e. The maximum atomic E-state index is 13.7. The highest BCUT2D eigenvalue weighted by atomic mass is 16.2. The van der Waals surface area contributed by atoms with Gasteiger partial charge in [0.2, 0.25) is 0 Å². The van der Waals surface area contributed by atoms with Crippen LogP contribution < -0.4 is 0 Å². The summed E-state index contributed by atoms with van der Waals surface area (Å²) in [4.78, 5) is 23.3. The molecule has 2 aliphatic rings. The molecule has 0 saturated carbocycles. The number of aromatic amines is 1. The molecule has 4 aromatic rings. The van der Waals surface area contributed by atoms with Crippen molar-refractivity contribution in [2.24, 2.45) is 5.41 Å². The van der Waals surface area contributed by atoms with E-state index in [2.05, 4.69) is 84.2 Å². The zero-order valence-corrected chi connectivity index (χ0v) is 19.4. The van der Waals surface area contributed by atoms with Crippen molar-refractivity contribution in [3.05, 3.63) is 89.7 Å². The molecule has 4 heteroatoms. The molecule has 2 bridgehead atoms. The van der Waals surface area contributed by atoms with Crippen molar-refractivity contribution < 1.29 is 4.79 Å². The van der Waals surface area contributed by atoms with E-state index >= 15 is 0 Å². The van der Waals surface area contributed by atoms with Crippen molar-refractivity contribution >= 4 is 16.9 Å². The summed E-state index contributed by atoms with van der Waals surface area (Å²) in [5, 5.41) is 0. The molecule has 1 fully saturated rings. The molecule has 4 nitrogen and oxygen atoms in total. The first-order chi connectivity index (χ1) is 15.9. The van der Waals surface area contributed by atoms with E-state index in [1.54, 1.807) is 6.33 Å². The van der Waals surface area contributed by atoms with E-state index in [9.17, 15) is 4.79 Å². The van der Waals surface area contributed by atoms with Gasteiger partial charge in [-0.15, -0.1) is 0 Å². The summed E-state index contributed by atoms with van der Waals surface area (Å²) in [5.41, 5.74) is 7.85. The van der Waals surface area contributed by atoms with Gasteiger partial charge in [-0.1, -0.05) is 69.3 Å². The lowest BCUT2D eigenvalue weighted by molar-refractivity contribution is -0.0261. The van der Waals surface area contributed by atoms with Crippen LogP contribution in [-0.4, -0.2) is 33.4 Å². The highest BCUT2D eigenvalue weighted by Crippen LogP contribution is 2.56. The summed E-state index contributed by atoms with van der Waals surface area (Å²) in [6.07, 6.45) is 3.53. The van der Waals surface area contributed by atoms with Crippen molar-refractivity contribution in [1.29, 1.82) is 0 Å². The molecule has 0 unspecified atom stereocenters. The lowest BCUT2D eigenvalue weighted by Gasteiger charge is -2.61. The highest BCUT2D eigenvalue weighted by Gasteiger charge is 2.56. The van der Waals surface area contributed by atoms with Gasteiger partial charge in [0.05, 0.1) is 17.4 Å². The van der Waals surface area contributed by atoms with Crippen LogP contribution >= 0.6 is 0 Å². The summed E-state index contributed by atoms with van der Waals surface area (Å²) in [6, 6.07) is 23.5. The molecule has 1 aliphatic carbocycles. The molecule has 1 aromatic heterocycles. The summed E-state index contributed by atoms with van der Waals surface area (Å²) >= 11 is 0. The Morgan fingerprint density at radius 1 is 1.00 bits per heavy atom. The number of H-pyrrole nitrogens is 1. The van der Waals surface area contributed by atoms with Gasteiger partial charge in [-0.25, -0.2) is 4.98 Å². The number of fused-ring (bicyclic) bond motifs is 5. The zero-order chi connectivity index (χ0) is 22.8. The van der Waals surface area contributed by atoms with E-state index < -0.39 is 0 Å². The Hall–Kier alpha value is -3.40. The van der Waals surface area contributed by atoms with Crippen LogP contribution in [0.2, 0.25) is 0 Å². The first-order valence-corrected chi connectivity index (χ1v) is 11.8. The van der Waals surface area contributed by atoms with Crippen molar-refractivity contribution in [1.82, 2.24) is 14.9 Å². The van der Waals surface area contributed by atoms with E-state index in [1.165, 1.54) is 22.3 Å². The second-order valence-corrected chi connectivity index (χ2v) is 10.4. The van der Waals surface area contributed by atoms with Gasteiger partial charge in [-0.3, -0.25) is 4.79 Å². The standard InChI is InChI=1S/C29H29N3O/c1-28(2)26-17-22-15-20(19-7-5-4-6-8-19)9-11-23(22)29(28,3)13-14-32(26)27(33)21-10-12-24-25(16-21)31-18-30-24/h4-12,15-16,18,26H,13-14,17H2,1-3H3,(H,30,31)/t26-,29+/m1/s1. The molecule has 1 amide bonds. The topological polar surface area (TPSA) is 49.0 Å². The fourth-order valence-electron chi connectivity index (χ4n) is 6.22. The van der Waals surface area contributed by atoms with Crippen LogP contribution in [0.1, 0.15) is 48.7 Å². The van der Waals surface area contributed by atoms with Crippen LogP contribution in [0.3, 0.4) is 0 Å². The maximum absolute atomic E-state index is 13.7. The summed E-state index contributed by atoms with van der Waals surface area (Å²) in [7, 11) is 0. The van der Waals surface area contributed by atoms with E-state index in [-0.39, 0.29) is 22.8 Å². The van der Waals surface area contributed by atoms with Crippen LogP contribution in [0.25, 0.3) is 22.2 Å². The molecule has 6 rings (SSSR count). The number of hydrogen-bond acceptors (Lipinski definition) is 2. The molecule has 1 aliphatic heterocycles. The number of nitrogens with one attached hydrogen (secondary N) is 1. The number of carbonyl (C=O) groups is 1. The number of carbonyl (C=O) groups excluding carboxylic acids is 1. The Morgan fingerprint density at radius 2 is 1.82 bits per heavy atom. The monoisotopic (exact) mass is 435 g/mol. The predicted octanol–water partition coefficient (Wildman–Crippen LogP) is 5.98. The van der Waals surface area contributed by atoms with E-state index in [4.69, 9.17) is 0 Å². The van der Waals surface area contributed by atoms with Crippen molar-refractivity contribution in [2.45, 2.75) is 45.1 Å². The molecule has 166 valence electrons. The molecule has 2 heterocycles. The lowest BCUT2D eigenvalue weighted by atomic mass is 9.51. The van der Waals surface area contributed by atoms with Crippen LogP contribution in [0.15, 0.2) is 73.1 Å². The third-order valence-electron chi connectivity index (χ3n) is 8.63. The van der Waals surface area contributed by atoms with Gasteiger partial charge in [-0.05, 0) is 58.7 Å². The second kappa shape index (κ2) is 7.05. The number of piperidine rings is 1. The van der Waals surface area contributed by atoms with E-state index in [1.807, 2.05) is 18.2 Å². The number of nitrogens with zero attached hydrogens (tertiary/aromatic N) is 2. The Morgan fingerprint density at radius 3 is 2.64 bits per heavy atom. The average Bonchev–Trinajstić information content (AvgIpc) is 3.29. The fraction of sp³-hybridized carbons (Fsp3) is 0.310. The fourth-order valence-corrected chi connectivity index (χ4v) is 6.22. The number of rotatable bonds is 2. The first-order valence-electron chi connectivity index (χ1n) is 11.8. The first kappa shape index (κ1) is 20.2. The van der Waals surface area contributed by atoms with Gasteiger partial charge in [0, 0.05) is 23.6 Å². The Bertz CT molecular complexity index is 1370. The summed E-state index contributed by atoms with van der Waals surface area (Å²) < 4.78 is 0. The van der Waals surface area contributed by atoms with Crippen LogP contribution in [0, 0.1) is 5.41 Å². The van der Waals surface area contributed by atoms with Crippen LogP contribution in [0.4, 0.5) is 0 Å². The van der Waals surface area contributed by atoms with E-state index in [0.29, 0.717) is 0 Å².